The van der Waals surface area contributed by atoms with Crippen LogP contribution in [0.1, 0.15) is 31.7 Å². The molecule has 1 aromatic heterocycles. The minimum atomic E-state index is -0.724. The fraction of sp³-hybridized carbons (Fsp3) is 0.667. The van der Waals surface area contributed by atoms with Crippen LogP contribution in [0.4, 0.5) is 0 Å². The summed E-state index contributed by atoms with van der Waals surface area (Å²) in [5, 5.41) is 14.0. The van der Waals surface area contributed by atoms with Crippen LogP contribution in [0.5, 0.6) is 0 Å². The molecular formula is C18H30N4O2. The molecule has 0 saturated carbocycles. The highest BCUT2D eigenvalue weighted by atomic mass is 16.3. The molecular weight excluding hydrogens is 304 g/mol. The van der Waals surface area contributed by atoms with Gasteiger partial charge < -0.3 is 15.3 Å². The number of hydrogen-bond donors (Lipinski definition) is 2. The van der Waals surface area contributed by atoms with Crippen LogP contribution in [-0.4, -0.2) is 71.2 Å². The van der Waals surface area contributed by atoms with Gasteiger partial charge in [0.1, 0.15) is 0 Å². The van der Waals surface area contributed by atoms with Gasteiger partial charge >= 0.3 is 0 Å². The lowest BCUT2D eigenvalue weighted by Crippen LogP contribution is -2.44. The second kappa shape index (κ2) is 9.11. The normalized spacial score (nSPS) is 21.8. The zero-order valence-corrected chi connectivity index (χ0v) is 14.9. The minimum absolute atomic E-state index is 0.117. The highest BCUT2D eigenvalue weighted by molar-refractivity contribution is 5.78. The number of rotatable bonds is 7. The first-order valence-corrected chi connectivity index (χ1v) is 8.82. The molecule has 0 unspecified atom stereocenters. The number of hydrogen-bond acceptors (Lipinski definition) is 5. The van der Waals surface area contributed by atoms with E-state index < -0.39 is 5.60 Å². The lowest BCUT2D eigenvalue weighted by Gasteiger charge is -2.33. The summed E-state index contributed by atoms with van der Waals surface area (Å²) in [6, 6.07) is 4.02. The SMILES string of the molecule is CCN(Cc1ccncc1)C[C@]1(O)CCCN(C(=O)CNC)CC1. The summed E-state index contributed by atoms with van der Waals surface area (Å²) in [4.78, 5) is 20.2. The third kappa shape index (κ3) is 5.54. The van der Waals surface area contributed by atoms with Crippen molar-refractivity contribution in [2.45, 2.75) is 38.3 Å². The Morgan fingerprint density at radius 3 is 2.79 bits per heavy atom. The summed E-state index contributed by atoms with van der Waals surface area (Å²) in [5.74, 6) is 0.117. The Balaban J connectivity index is 1.93. The second-order valence-corrected chi connectivity index (χ2v) is 6.65. The Morgan fingerprint density at radius 1 is 1.38 bits per heavy atom. The largest absolute Gasteiger partial charge is 0.388 e. The fourth-order valence-corrected chi connectivity index (χ4v) is 3.29. The number of pyridine rings is 1. The van der Waals surface area contributed by atoms with E-state index in [1.54, 1.807) is 19.4 Å². The summed E-state index contributed by atoms with van der Waals surface area (Å²) in [7, 11) is 1.78. The average molecular weight is 334 g/mol. The molecule has 0 spiro atoms. The molecule has 1 atom stereocenters. The number of likely N-dealkylation sites (tertiary alicyclic amines) is 1. The molecule has 0 aliphatic carbocycles. The van der Waals surface area contributed by atoms with Gasteiger partial charge in [0.05, 0.1) is 12.1 Å². The van der Waals surface area contributed by atoms with Gasteiger partial charge in [0, 0.05) is 38.6 Å². The van der Waals surface area contributed by atoms with Crippen LogP contribution in [0.3, 0.4) is 0 Å². The van der Waals surface area contributed by atoms with Gasteiger partial charge in [-0.05, 0) is 50.6 Å². The molecule has 2 heterocycles. The summed E-state index contributed by atoms with van der Waals surface area (Å²) >= 11 is 0. The third-order valence-electron chi connectivity index (χ3n) is 4.72. The van der Waals surface area contributed by atoms with Gasteiger partial charge in [0.25, 0.3) is 0 Å². The second-order valence-electron chi connectivity index (χ2n) is 6.65. The van der Waals surface area contributed by atoms with Crippen molar-refractivity contribution in [3.05, 3.63) is 30.1 Å². The monoisotopic (exact) mass is 334 g/mol. The van der Waals surface area contributed by atoms with Crippen molar-refractivity contribution < 1.29 is 9.90 Å². The van der Waals surface area contributed by atoms with Crippen molar-refractivity contribution in [3.8, 4) is 0 Å². The number of nitrogens with zero attached hydrogens (tertiary/aromatic N) is 3. The van der Waals surface area contributed by atoms with Crippen LogP contribution in [0.25, 0.3) is 0 Å². The number of amides is 1. The molecule has 1 saturated heterocycles. The van der Waals surface area contributed by atoms with E-state index in [2.05, 4.69) is 22.1 Å². The van der Waals surface area contributed by atoms with E-state index in [0.29, 0.717) is 26.1 Å². The van der Waals surface area contributed by atoms with Gasteiger partial charge in [-0.15, -0.1) is 0 Å². The van der Waals surface area contributed by atoms with Crippen LogP contribution in [0.2, 0.25) is 0 Å². The zero-order chi connectivity index (χ0) is 17.4. The van der Waals surface area contributed by atoms with Gasteiger partial charge in [0.15, 0.2) is 0 Å². The maximum Gasteiger partial charge on any atom is 0.236 e. The van der Waals surface area contributed by atoms with Gasteiger partial charge in [-0.2, -0.15) is 0 Å². The molecule has 1 aliphatic heterocycles. The Labute approximate surface area is 144 Å². The van der Waals surface area contributed by atoms with Crippen LogP contribution in [0.15, 0.2) is 24.5 Å². The van der Waals surface area contributed by atoms with E-state index in [1.807, 2.05) is 17.0 Å². The van der Waals surface area contributed by atoms with E-state index in [1.165, 1.54) is 5.56 Å². The summed E-state index contributed by atoms with van der Waals surface area (Å²) in [6.07, 6.45) is 5.82. The first-order chi connectivity index (χ1) is 11.6. The first-order valence-electron chi connectivity index (χ1n) is 8.82. The molecule has 1 aromatic rings. The molecule has 1 amide bonds. The quantitative estimate of drug-likeness (QED) is 0.774. The lowest BCUT2D eigenvalue weighted by atomic mass is 9.94. The van der Waals surface area contributed by atoms with Gasteiger partial charge in [-0.25, -0.2) is 0 Å². The average Bonchev–Trinajstić information content (AvgIpc) is 2.77. The molecule has 134 valence electrons. The van der Waals surface area contributed by atoms with Crippen LogP contribution >= 0.6 is 0 Å². The summed E-state index contributed by atoms with van der Waals surface area (Å²) in [5.41, 5.74) is 0.479. The van der Waals surface area contributed by atoms with Gasteiger partial charge in [-0.1, -0.05) is 6.92 Å². The van der Waals surface area contributed by atoms with Crippen molar-refractivity contribution in [2.24, 2.45) is 0 Å². The molecule has 2 N–H and O–H groups in total. The number of nitrogens with one attached hydrogen (secondary N) is 1. The molecule has 6 heteroatoms. The van der Waals surface area contributed by atoms with E-state index >= 15 is 0 Å². The van der Waals surface area contributed by atoms with Crippen LogP contribution in [0, 0.1) is 0 Å². The lowest BCUT2D eigenvalue weighted by molar-refractivity contribution is -0.130. The maximum absolute atomic E-state index is 12.0. The Morgan fingerprint density at radius 2 is 2.12 bits per heavy atom. The van der Waals surface area contributed by atoms with Gasteiger partial charge in [0.2, 0.25) is 5.91 Å². The molecule has 24 heavy (non-hydrogen) atoms. The molecule has 1 aliphatic rings. The van der Waals surface area contributed by atoms with Crippen molar-refractivity contribution in [2.75, 3.05) is 39.8 Å². The zero-order valence-electron chi connectivity index (χ0n) is 14.9. The van der Waals surface area contributed by atoms with Crippen molar-refractivity contribution in [1.29, 1.82) is 0 Å². The topological polar surface area (TPSA) is 68.7 Å². The van der Waals surface area contributed by atoms with Crippen molar-refractivity contribution >= 4 is 5.91 Å². The summed E-state index contributed by atoms with van der Waals surface area (Å²) < 4.78 is 0. The van der Waals surface area contributed by atoms with Crippen molar-refractivity contribution in [3.63, 3.8) is 0 Å². The number of likely N-dealkylation sites (N-methyl/N-ethyl adjacent to an activating group) is 2. The Kier molecular flexibility index (Phi) is 7.15. The van der Waals surface area contributed by atoms with Crippen LogP contribution < -0.4 is 5.32 Å². The van der Waals surface area contributed by atoms with E-state index in [4.69, 9.17) is 0 Å². The number of aliphatic hydroxyl groups is 1. The third-order valence-corrected chi connectivity index (χ3v) is 4.72. The number of aromatic nitrogens is 1. The number of carbonyl (C=O) groups excluding carboxylic acids is 1. The van der Waals surface area contributed by atoms with Crippen LogP contribution in [-0.2, 0) is 11.3 Å². The predicted octanol–water partition coefficient (Wildman–Crippen LogP) is 0.867. The van der Waals surface area contributed by atoms with Crippen molar-refractivity contribution in [1.82, 2.24) is 20.1 Å². The Hall–Kier alpha value is -1.50. The molecule has 6 nitrogen and oxygen atoms in total. The fourth-order valence-electron chi connectivity index (χ4n) is 3.29. The summed E-state index contributed by atoms with van der Waals surface area (Å²) in [6.45, 7) is 6.17. The Bertz CT molecular complexity index is 511. The minimum Gasteiger partial charge on any atom is -0.388 e. The maximum atomic E-state index is 12.0. The standard InChI is InChI=1S/C18H30N4O2/c1-3-21(14-16-5-9-20-10-6-16)15-18(24)7-4-11-22(12-8-18)17(23)13-19-2/h5-6,9-10,19,24H,3-4,7-8,11-15H2,1-2H3/t18-/m0/s1. The first kappa shape index (κ1) is 18.8. The number of carbonyl (C=O) groups is 1. The smallest absolute Gasteiger partial charge is 0.236 e. The van der Waals surface area contributed by atoms with E-state index in [-0.39, 0.29) is 5.91 Å². The highest BCUT2D eigenvalue weighted by Gasteiger charge is 2.32. The van der Waals surface area contributed by atoms with E-state index in [9.17, 15) is 9.90 Å². The molecule has 1 fully saturated rings. The van der Waals surface area contributed by atoms with E-state index in [0.717, 1.165) is 32.5 Å². The predicted molar refractivity (Wildman–Crippen MR) is 94.5 cm³/mol. The highest BCUT2D eigenvalue weighted by Crippen LogP contribution is 2.24. The molecule has 0 radical (unpaired) electrons. The molecule has 0 aromatic carbocycles. The molecule has 0 bridgehead atoms. The molecule has 2 rings (SSSR count). The van der Waals surface area contributed by atoms with Gasteiger partial charge in [-0.3, -0.25) is 14.7 Å².